The Labute approximate surface area is 224 Å². The molecule has 0 saturated carbocycles. The van der Waals surface area contributed by atoms with E-state index in [1.54, 1.807) is 66.3 Å². The normalized spacial score (nSPS) is 20.7. The molecule has 10 heteroatoms. The number of hydrogen-bond acceptors (Lipinski definition) is 5. The average molecular weight is 541 g/mol. The van der Waals surface area contributed by atoms with Gasteiger partial charge >= 0.3 is 6.03 Å². The smallest absolute Gasteiger partial charge is 0.317 e. The van der Waals surface area contributed by atoms with Gasteiger partial charge in [-0.25, -0.2) is 4.79 Å². The summed E-state index contributed by atoms with van der Waals surface area (Å²) in [6, 6.07) is 15.7. The minimum Gasteiger partial charge on any atom is -0.384 e. The molecule has 2 aliphatic heterocycles. The molecule has 2 unspecified atom stereocenters. The van der Waals surface area contributed by atoms with E-state index in [0.29, 0.717) is 51.1 Å². The van der Waals surface area contributed by atoms with Crippen molar-refractivity contribution in [3.05, 3.63) is 98.8 Å². The van der Waals surface area contributed by atoms with Gasteiger partial charge < -0.3 is 20.1 Å². The molecule has 0 radical (unpaired) electrons. The summed E-state index contributed by atoms with van der Waals surface area (Å²) in [5.41, 5.74) is 0.272. The Kier molecular flexibility index (Phi) is 6.62. The van der Waals surface area contributed by atoms with Crippen LogP contribution in [0.4, 0.5) is 4.79 Å². The van der Waals surface area contributed by atoms with Gasteiger partial charge in [0.2, 0.25) is 0 Å². The number of benzene rings is 2. The monoisotopic (exact) mass is 540 g/mol. The van der Waals surface area contributed by atoms with E-state index in [-0.39, 0.29) is 25.0 Å². The number of ether oxygens (including phenoxy) is 1. The molecule has 37 heavy (non-hydrogen) atoms. The van der Waals surface area contributed by atoms with Crippen molar-refractivity contribution in [2.45, 2.75) is 24.8 Å². The van der Waals surface area contributed by atoms with Gasteiger partial charge in [-0.15, -0.1) is 0 Å². The number of urea groups is 1. The molecule has 1 fully saturated rings. The molecule has 3 amide bonds. The average Bonchev–Trinajstić information content (AvgIpc) is 3.39. The number of halogens is 2. The third-order valence-electron chi connectivity index (χ3n) is 6.95. The largest absolute Gasteiger partial charge is 0.384 e. The minimum atomic E-state index is -1.38. The molecule has 1 saturated heterocycles. The molecule has 0 aliphatic carbocycles. The lowest BCUT2D eigenvalue weighted by molar-refractivity contribution is -0.0868. The zero-order valence-corrected chi connectivity index (χ0v) is 21.9. The topological polar surface area (TPSA) is 95.0 Å². The second kappa shape index (κ2) is 9.61. The lowest BCUT2D eigenvalue weighted by atomic mass is 9.88. The van der Waals surface area contributed by atoms with Crippen molar-refractivity contribution in [1.82, 2.24) is 20.1 Å². The van der Waals surface area contributed by atoms with Gasteiger partial charge in [-0.2, -0.15) is 0 Å². The third-order valence-corrected chi connectivity index (χ3v) is 7.42. The fraction of sp³-hybridized carbons (Fsp3) is 0.296. The van der Waals surface area contributed by atoms with Crippen LogP contribution < -0.4 is 5.32 Å². The van der Waals surface area contributed by atoms with E-state index >= 15 is 0 Å². The summed E-state index contributed by atoms with van der Waals surface area (Å²) < 4.78 is 6.16. The fourth-order valence-electron chi connectivity index (χ4n) is 5.08. The van der Waals surface area contributed by atoms with Crippen molar-refractivity contribution < 1.29 is 19.4 Å². The zero-order chi connectivity index (χ0) is 26.4. The van der Waals surface area contributed by atoms with E-state index in [4.69, 9.17) is 27.9 Å². The molecule has 1 aromatic heterocycles. The molecule has 0 spiro atoms. The van der Waals surface area contributed by atoms with Gasteiger partial charge in [0.15, 0.2) is 5.72 Å². The number of hydrogen-bond donors (Lipinski definition) is 2. The molecule has 8 nitrogen and oxygen atoms in total. The van der Waals surface area contributed by atoms with Gasteiger partial charge in [0.05, 0.1) is 23.8 Å². The number of nitrogens with zero attached hydrogens (tertiary/aromatic N) is 3. The maximum atomic E-state index is 14.0. The van der Waals surface area contributed by atoms with Gasteiger partial charge in [0.1, 0.15) is 5.60 Å². The number of carbonyl (C=O) groups is 2. The molecular weight excluding hydrogens is 515 g/mol. The quantitative estimate of drug-likeness (QED) is 0.469. The van der Waals surface area contributed by atoms with Crippen LogP contribution in [0.3, 0.4) is 0 Å². The van der Waals surface area contributed by atoms with Gasteiger partial charge in [-0.05, 0) is 42.8 Å². The van der Waals surface area contributed by atoms with Crippen molar-refractivity contribution in [1.29, 1.82) is 0 Å². The van der Waals surface area contributed by atoms with Crippen LogP contribution >= 0.6 is 23.2 Å². The first-order chi connectivity index (χ1) is 17.7. The number of β-amino-alcohol motifs (C(OH)–C–C–N with tert-alkyl or cyclic N) is 1. The van der Waals surface area contributed by atoms with E-state index in [1.165, 1.54) is 6.20 Å². The second-order valence-corrected chi connectivity index (χ2v) is 10.3. The highest BCUT2D eigenvalue weighted by molar-refractivity contribution is 6.30. The Balaban J connectivity index is 1.60. The summed E-state index contributed by atoms with van der Waals surface area (Å²) in [4.78, 5) is 33.6. The molecule has 192 valence electrons. The number of aliphatic hydroxyl groups is 1. The van der Waals surface area contributed by atoms with Gasteiger partial charge in [0.25, 0.3) is 5.91 Å². The summed E-state index contributed by atoms with van der Waals surface area (Å²) in [6.45, 7) is 2.92. The van der Waals surface area contributed by atoms with Crippen LogP contribution in [0.15, 0.2) is 60.8 Å². The third kappa shape index (κ3) is 4.44. The molecule has 2 aromatic carbocycles. The molecule has 2 aliphatic rings. The summed E-state index contributed by atoms with van der Waals surface area (Å²) in [6.07, 6.45) is 1.53. The predicted molar refractivity (Wildman–Crippen MR) is 139 cm³/mol. The molecule has 3 heterocycles. The number of methoxy groups -OCH3 is 1. The number of aromatic nitrogens is 1. The van der Waals surface area contributed by atoms with Crippen molar-refractivity contribution >= 4 is 35.1 Å². The summed E-state index contributed by atoms with van der Waals surface area (Å²) in [5.74, 6) is -0.278. The maximum absolute atomic E-state index is 14.0. The molecule has 5 rings (SSSR count). The van der Waals surface area contributed by atoms with Crippen molar-refractivity contribution in [2.75, 3.05) is 26.7 Å². The van der Waals surface area contributed by atoms with Gasteiger partial charge in [-0.1, -0.05) is 47.5 Å². The van der Waals surface area contributed by atoms with Crippen LogP contribution in [0.25, 0.3) is 0 Å². The Hall–Kier alpha value is -3.17. The Morgan fingerprint density at radius 3 is 2.46 bits per heavy atom. The highest BCUT2D eigenvalue weighted by atomic mass is 35.5. The Bertz CT molecular complexity index is 1350. The standard InChI is InChI=1S/C27H26Cl2N4O4/c1-26(36,16-32-12-11-30-25(32)35)18-5-10-23-22(13-18)24(34)33(15-21-9-8-20(29)14-31-21)27(23,37-2)17-3-6-19(28)7-4-17/h3-10,13-14,36H,11-12,15-16H2,1-2H3,(H,30,35). The summed E-state index contributed by atoms with van der Waals surface area (Å²) in [7, 11) is 1.55. The van der Waals surface area contributed by atoms with E-state index < -0.39 is 11.3 Å². The summed E-state index contributed by atoms with van der Waals surface area (Å²) in [5, 5.41) is 15.1. The number of pyridine rings is 1. The van der Waals surface area contributed by atoms with Gasteiger partial charge in [0, 0.05) is 48.1 Å². The van der Waals surface area contributed by atoms with Crippen LogP contribution in [0.5, 0.6) is 0 Å². The first-order valence-corrected chi connectivity index (χ1v) is 12.5. The number of fused-ring (bicyclic) bond motifs is 1. The molecule has 2 atom stereocenters. The van der Waals surface area contributed by atoms with Crippen molar-refractivity contribution in [3.8, 4) is 0 Å². The molecule has 3 aromatic rings. The summed E-state index contributed by atoms with van der Waals surface area (Å²) >= 11 is 12.2. The number of rotatable bonds is 7. The van der Waals surface area contributed by atoms with E-state index in [1.807, 2.05) is 12.1 Å². The predicted octanol–water partition coefficient (Wildman–Crippen LogP) is 4.12. The van der Waals surface area contributed by atoms with Gasteiger partial charge in [-0.3, -0.25) is 14.7 Å². The van der Waals surface area contributed by atoms with Crippen LogP contribution in [-0.2, 0) is 22.6 Å². The first-order valence-electron chi connectivity index (χ1n) is 11.8. The maximum Gasteiger partial charge on any atom is 0.317 e. The Morgan fingerprint density at radius 1 is 1.11 bits per heavy atom. The second-order valence-electron chi connectivity index (χ2n) is 9.40. The zero-order valence-electron chi connectivity index (χ0n) is 20.4. The molecule has 0 bridgehead atoms. The highest BCUT2D eigenvalue weighted by Gasteiger charge is 2.52. The SMILES string of the molecule is COC1(c2ccc(Cl)cc2)c2ccc(C(C)(O)CN3CCNC3=O)cc2C(=O)N1Cc1ccc(Cl)cn1. The van der Waals surface area contributed by atoms with Crippen LogP contribution in [0.1, 0.15) is 39.7 Å². The lowest BCUT2D eigenvalue weighted by Gasteiger charge is -2.38. The fourth-order valence-corrected chi connectivity index (χ4v) is 5.32. The van der Waals surface area contributed by atoms with Crippen LogP contribution in [0.2, 0.25) is 10.0 Å². The molecular formula is C27H26Cl2N4O4. The number of amides is 3. The van der Waals surface area contributed by atoms with Crippen LogP contribution in [-0.4, -0.2) is 58.6 Å². The van der Waals surface area contributed by atoms with E-state index in [2.05, 4.69) is 10.3 Å². The first kappa shape index (κ1) is 25.5. The van der Waals surface area contributed by atoms with E-state index in [9.17, 15) is 14.7 Å². The van der Waals surface area contributed by atoms with E-state index in [0.717, 1.165) is 0 Å². The number of carbonyl (C=O) groups excluding carboxylic acids is 2. The lowest BCUT2D eigenvalue weighted by Crippen LogP contribution is -2.45. The van der Waals surface area contributed by atoms with Crippen molar-refractivity contribution in [3.63, 3.8) is 0 Å². The molecule has 2 N–H and O–H groups in total. The van der Waals surface area contributed by atoms with Crippen molar-refractivity contribution in [2.24, 2.45) is 0 Å². The minimum absolute atomic E-state index is 0.0941. The Morgan fingerprint density at radius 2 is 1.84 bits per heavy atom. The number of nitrogens with one attached hydrogen (secondary N) is 1. The highest BCUT2D eigenvalue weighted by Crippen LogP contribution is 2.46. The van der Waals surface area contributed by atoms with Crippen LogP contribution in [0, 0.1) is 0 Å².